The molecule has 0 heterocycles. The molecule has 0 atom stereocenters. The zero-order valence-corrected chi connectivity index (χ0v) is 10.3. The van der Waals surface area contributed by atoms with Gasteiger partial charge in [-0.25, -0.2) is 0 Å². The highest BCUT2D eigenvalue weighted by atomic mass is 19.4. The molecule has 1 rings (SSSR count). The summed E-state index contributed by atoms with van der Waals surface area (Å²) in [6.07, 6.45) is -3.27. The van der Waals surface area contributed by atoms with E-state index in [1.807, 2.05) is 13.8 Å². The maximum Gasteiger partial charge on any atom is 0.573 e. The van der Waals surface area contributed by atoms with Crippen LogP contribution in [0.4, 0.5) is 13.2 Å². The van der Waals surface area contributed by atoms with Gasteiger partial charge < -0.3 is 4.74 Å². The normalized spacial score (nSPS) is 11.7. The summed E-state index contributed by atoms with van der Waals surface area (Å²) >= 11 is 0. The third-order valence-corrected chi connectivity index (χ3v) is 2.73. The van der Waals surface area contributed by atoms with Gasteiger partial charge >= 0.3 is 6.36 Å². The highest BCUT2D eigenvalue weighted by molar-refractivity contribution is 5.97. The second-order valence-electron chi connectivity index (χ2n) is 3.95. The molecule has 0 amide bonds. The van der Waals surface area contributed by atoms with Crippen LogP contribution < -0.4 is 4.74 Å². The fourth-order valence-electron chi connectivity index (χ4n) is 1.72. The van der Waals surface area contributed by atoms with Crippen molar-refractivity contribution >= 4 is 5.78 Å². The summed E-state index contributed by atoms with van der Waals surface area (Å²) in [7, 11) is 0. The molecule has 0 bridgehead atoms. The number of carbonyl (C=O) groups is 1. The zero-order chi connectivity index (χ0) is 13.8. The molecule has 0 fully saturated rings. The monoisotopic (exact) mass is 260 g/mol. The second-order valence-corrected chi connectivity index (χ2v) is 3.95. The molecule has 0 N–H and O–H groups in total. The molecule has 0 aliphatic carbocycles. The van der Waals surface area contributed by atoms with E-state index >= 15 is 0 Å². The van der Waals surface area contributed by atoms with Crippen LogP contribution >= 0.6 is 0 Å². The minimum atomic E-state index is -4.71. The highest BCUT2D eigenvalue weighted by Crippen LogP contribution is 2.24. The van der Waals surface area contributed by atoms with Crippen LogP contribution in [-0.4, -0.2) is 12.1 Å². The molecule has 1 aromatic carbocycles. The molecule has 100 valence electrons. The number of alkyl halides is 3. The van der Waals surface area contributed by atoms with Gasteiger partial charge in [0.05, 0.1) is 0 Å². The van der Waals surface area contributed by atoms with Crippen molar-refractivity contribution in [2.45, 2.75) is 33.1 Å². The molecular formula is C13H15F3O2. The van der Waals surface area contributed by atoms with E-state index in [0.29, 0.717) is 5.56 Å². The maximum absolute atomic E-state index is 11.9. The Bertz CT molecular complexity index is 392. The summed E-state index contributed by atoms with van der Waals surface area (Å²) in [4.78, 5) is 11.9. The van der Waals surface area contributed by atoms with Crippen LogP contribution in [-0.2, 0) is 0 Å². The first kappa shape index (κ1) is 14.5. The Balaban J connectivity index is 2.79. The lowest BCUT2D eigenvalue weighted by atomic mass is 9.93. The molecule has 18 heavy (non-hydrogen) atoms. The summed E-state index contributed by atoms with van der Waals surface area (Å²) < 4.78 is 39.6. The van der Waals surface area contributed by atoms with Gasteiger partial charge in [0.15, 0.2) is 5.78 Å². The van der Waals surface area contributed by atoms with Gasteiger partial charge in [0.2, 0.25) is 0 Å². The second kappa shape index (κ2) is 5.89. The minimum Gasteiger partial charge on any atom is -0.406 e. The van der Waals surface area contributed by atoms with Gasteiger partial charge in [0.25, 0.3) is 0 Å². The lowest BCUT2D eigenvalue weighted by molar-refractivity contribution is -0.274. The van der Waals surface area contributed by atoms with E-state index < -0.39 is 6.36 Å². The first-order valence-electron chi connectivity index (χ1n) is 5.77. The summed E-state index contributed by atoms with van der Waals surface area (Å²) in [6.45, 7) is 3.82. The lowest BCUT2D eigenvalue weighted by Gasteiger charge is -2.12. The van der Waals surface area contributed by atoms with Crippen LogP contribution in [0, 0.1) is 5.92 Å². The predicted octanol–water partition coefficient (Wildman–Crippen LogP) is 4.20. The van der Waals surface area contributed by atoms with Crippen LogP contribution in [0.2, 0.25) is 0 Å². The van der Waals surface area contributed by atoms with E-state index in [-0.39, 0.29) is 17.5 Å². The molecule has 0 saturated heterocycles. The maximum atomic E-state index is 11.9. The average Bonchev–Trinajstić information content (AvgIpc) is 2.29. The van der Waals surface area contributed by atoms with Crippen LogP contribution in [0.3, 0.4) is 0 Å². The standard InChI is InChI=1S/C13H15F3O2/c1-3-9(4-2)12(17)10-5-7-11(8-6-10)18-13(14,15)16/h5-9H,3-4H2,1-2H3. The fourth-order valence-corrected chi connectivity index (χ4v) is 1.72. The van der Waals surface area contributed by atoms with Crippen LogP contribution in [0.15, 0.2) is 24.3 Å². The number of halogens is 3. The molecular weight excluding hydrogens is 245 g/mol. The predicted molar refractivity (Wildman–Crippen MR) is 61.5 cm³/mol. The van der Waals surface area contributed by atoms with Gasteiger partial charge in [-0.2, -0.15) is 0 Å². The Kier molecular flexibility index (Phi) is 4.76. The Hall–Kier alpha value is -1.52. The Labute approximate surface area is 104 Å². The molecule has 0 radical (unpaired) electrons. The Morgan fingerprint density at radius 1 is 1.17 bits per heavy atom. The highest BCUT2D eigenvalue weighted by Gasteiger charge is 2.31. The number of benzene rings is 1. The summed E-state index contributed by atoms with van der Waals surface area (Å²) in [5, 5.41) is 0. The average molecular weight is 260 g/mol. The lowest BCUT2D eigenvalue weighted by Crippen LogP contribution is -2.17. The largest absolute Gasteiger partial charge is 0.573 e. The number of ketones is 1. The van der Waals surface area contributed by atoms with E-state index in [1.165, 1.54) is 12.1 Å². The number of hydrogen-bond donors (Lipinski definition) is 0. The number of carbonyl (C=O) groups excluding carboxylic acids is 1. The number of ether oxygens (including phenoxy) is 1. The molecule has 1 aromatic rings. The van der Waals surface area contributed by atoms with Crippen molar-refractivity contribution in [3.63, 3.8) is 0 Å². The van der Waals surface area contributed by atoms with Crippen molar-refractivity contribution in [1.29, 1.82) is 0 Å². The summed E-state index contributed by atoms with van der Waals surface area (Å²) in [5.41, 5.74) is 0.415. The van der Waals surface area contributed by atoms with Gasteiger partial charge in [-0.05, 0) is 37.1 Å². The van der Waals surface area contributed by atoms with Gasteiger partial charge in [0.1, 0.15) is 5.75 Å². The minimum absolute atomic E-state index is 0.0430. The van der Waals surface area contributed by atoms with E-state index in [1.54, 1.807) is 0 Å². The number of rotatable bonds is 5. The Morgan fingerprint density at radius 2 is 1.67 bits per heavy atom. The molecule has 0 aromatic heterocycles. The molecule has 0 spiro atoms. The molecule has 0 unspecified atom stereocenters. The molecule has 0 saturated carbocycles. The van der Waals surface area contributed by atoms with Crippen molar-refractivity contribution in [2.75, 3.05) is 0 Å². The van der Waals surface area contributed by atoms with Crippen LogP contribution in [0.25, 0.3) is 0 Å². The van der Waals surface area contributed by atoms with E-state index in [2.05, 4.69) is 4.74 Å². The zero-order valence-electron chi connectivity index (χ0n) is 10.3. The van der Waals surface area contributed by atoms with Gasteiger partial charge in [-0.3, -0.25) is 4.79 Å². The Morgan fingerprint density at radius 3 is 2.06 bits per heavy atom. The van der Waals surface area contributed by atoms with Gasteiger partial charge in [0, 0.05) is 11.5 Å². The van der Waals surface area contributed by atoms with Crippen LogP contribution in [0.5, 0.6) is 5.75 Å². The van der Waals surface area contributed by atoms with Crippen molar-refractivity contribution in [2.24, 2.45) is 5.92 Å². The molecule has 5 heteroatoms. The third kappa shape index (κ3) is 4.05. The topological polar surface area (TPSA) is 26.3 Å². The molecule has 0 aliphatic heterocycles. The van der Waals surface area contributed by atoms with E-state index in [0.717, 1.165) is 25.0 Å². The quantitative estimate of drug-likeness (QED) is 0.741. The first-order chi connectivity index (χ1) is 8.37. The van der Waals surface area contributed by atoms with Crippen molar-refractivity contribution in [1.82, 2.24) is 0 Å². The first-order valence-corrected chi connectivity index (χ1v) is 5.77. The number of Topliss-reactive ketones (excluding diaryl/α,β-unsaturated/α-hetero) is 1. The molecule has 0 aliphatic rings. The van der Waals surface area contributed by atoms with Crippen molar-refractivity contribution in [3.05, 3.63) is 29.8 Å². The fraction of sp³-hybridized carbons (Fsp3) is 0.462. The van der Waals surface area contributed by atoms with Gasteiger partial charge in [-0.15, -0.1) is 13.2 Å². The smallest absolute Gasteiger partial charge is 0.406 e. The number of hydrogen-bond acceptors (Lipinski definition) is 2. The summed E-state index contributed by atoms with van der Waals surface area (Å²) in [5.74, 6) is -0.443. The summed E-state index contributed by atoms with van der Waals surface area (Å²) in [6, 6.07) is 5.04. The van der Waals surface area contributed by atoms with E-state index in [4.69, 9.17) is 0 Å². The van der Waals surface area contributed by atoms with Crippen molar-refractivity contribution in [3.8, 4) is 5.75 Å². The van der Waals surface area contributed by atoms with E-state index in [9.17, 15) is 18.0 Å². The van der Waals surface area contributed by atoms with Gasteiger partial charge in [-0.1, -0.05) is 13.8 Å². The van der Waals surface area contributed by atoms with Crippen LogP contribution in [0.1, 0.15) is 37.0 Å². The van der Waals surface area contributed by atoms with Crippen molar-refractivity contribution < 1.29 is 22.7 Å². The third-order valence-electron chi connectivity index (χ3n) is 2.73. The SMILES string of the molecule is CCC(CC)C(=O)c1ccc(OC(F)(F)F)cc1. The molecule has 2 nitrogen and oxygen atoms in total.